The Morgan fingerprint density at radius 3 is 2.00 bits per heavy atom. The van der Waals surface area contributed by atoms with Crippen LogP contribution >= 0.6 is 23.5 Å². The van der Waals surface area contributed by atoms with E-state index in [0.29, 0.717) is 0 Å². The van der Waals surface area contributed by atoms with Crippen LogP contribution in [-0.2, 0) is 0 Å². The number of hydrogen-bond acceptors (Lipinski definition) is 2. The van der Waals surface area contributed by atoms with Gasteiger partial charge in [0.2, 0.25) is 0 Å². The highest BCUT2D eigenvalue weighted by Gasteiger charge is 2.04. The number of thioether (sulfide) groups is 2. The summed E-state index contributed by atoms with van der Waals surface area (Å²) in [5.74, 6) is 0. The fraction of sp³-hybridized carbons (Fsp3) is 0.333. The molecule has 0 fully saturated rings. The van der Waals surface area contributed by atoms with E-state index in [-0.39, 0.29) is 4.71 Å². The van der Waals surface area contributed by atoms with E-state index in [2.05, 4.69) is 0 Å². The molecule has 1 heterocycles. The molecule has 3 heteroatoms. The van der Waals surface area contributed by atoms with E-state index in [1.54, 1.807) is 0 Å². The van der Waals surface area contributed by atoms with Gasteiger partial charge in [-0.25, -0.2) is 0 Å². The van der Waals surface area contributed by atoms with Crippen molar-refractivity contribution in [2.24, 2.45) is 0 Å². The molecule has 0 bridgehead atoms. The predicted octanol–water partition coefficient (Wildman–Crippen LogP) is 1.29. The van der Waals surface area contributed by atoms with Crippen molar-refractivity contribution in [2.75, 3.05) is 0 Å². The van der Waals surface area contributed by atoms with E-state index in [0.717, 1.165) is 0 Å². The predicted molar refractivity (Wildman–Crippen MR) is 30.2 cm³/mol. The lowest BCUT2D eigenvalue weighted by Crippen LogP contribution is -1.86. The van der Waals surface area contributed by atoms with Gasteiger partial charge < -0.3 is 0 Å². The van der Waals surface area contributed by atoms with Crippen LogP contribution in [0.15, 0.2) is 10.8 Å². The van der Waals surface area contributed by atoms with Crippen molar-refractivity contribution >= 4 is 23.5 Å². The van der Waals surface area contributed by atoms with E-state index < -0.39 is 0 Å². The second-order valence-corrected chi connectivity index (χ2v) is 3.13. The summed E-state index contributed by atoms with van der Waals surface area (Å²) in [6.07, 6.45) is 0. The van der Waals surface area contributed by atoms with Gasteiger partial charge in [0.1, 0.15) is 4.71 Å². The molecule has 2 radical (unpaired) electrons. The summed E-state index contributed by atoms with van der Waals surface area (Å²) in [6, 6.07) is 0. The Kier molecular flexibility index (Phi) is 1.45. The van der Waals surface area contributed by atoms with E-state index >= 15 is 0 Å². The third-order valence-electron chi connectivity index (χ3n) is 0.446. The highest BCUT2D eigenvalue weighted by Crippen LogP contribution is 2.29. The molecule has 0 amide bonds. The van der Waals surface area contributed by atoms with Gasteiger partial charge in [-0.2, -0.15) is 0 Å². The Balaban J connectivity index is 2.32. The fourth-order valence-electron chi connectivity index (χ4n) is 0.231. The number of nitrogens with zero attached hydrogens (tertiary/aromatic N) is 1. The molecule has 1 nitrogen and oxygen atoms in total. The lowest BCUT2D eigenvalue weighted by atomic mass is 11.3. The third-order valence-corrected chi connectivity index (χ3v) is 2.34. The summed E-state index contributed by atoms with van der Waals surface area (Å²) in [5.41, 5.74) is 8.59. The highest BCUT2D eigenvalue weighted by molar-refractivity contribution is 8.22. The quantitative estimate of drug-likeness (QED) is 0.477. The average Bonchev–Trinajstić information content (AvgIpc) is 1.86. The first-order valence-corrected chi connectivity index (χ1v) is 3.42. The maximum atomic E-state index is 8.59. The minimum atomic E-state index is -0.231. The summed E-state index contributed by atoms with van der Waals surface area (Å²) in [5, 5.41) is 3.77. The average molecular weight is 117 g/mol. The van der Waals surface area contributed by atoms with Crippen LogP contribution in [0.2, 0.25) is 0 Å². The van der Waals surface area contributed by atoms with Crippen LogP contribution in [0.25, 0.3) is 0 Å². The lowest BCUT2D eigenvalue weighted by molar-refractivity contribution is 1.26. The standard InChI is InChI=1S/C3H3NS2/c4-3-5-1-2-6-3/h1-3H. The molecule has 0 unspecified atom stereocenters. The van der Waals surface area contributed by atoms with E-state index in [4.69, 9.17) is 5.73 Å². The van der Waals surface area contributed by atoms with Crippen LogP contribution in [0.3, 0.4) is 0 Å². The molecule has 1 aliphatic rings. The molecule has 0 spiro atoms. The topological polar surface area (TPSA) is 22.3 Å². The minimum Gasteiger partial charge on any atom is -0.117 e. The van der Waals surface area contributed by atoms with Crippen molar-refractivity contribution in [3.05, 3.63) is 10.8 Å². The van der Waals surface area contributed by atoms with Crippen molar-refractivity contribution in [3.8, 4) is 0 Å². The molecule has 1 rings (SSSR count). The maximum absolute atomic E-state index is 8.59. The van der Waals surface area contributed by atoms with E-state index in [1.807, 2.05) is 10.8 Å². The van der Waals surface area contributed by atoms with Crippen molar-refractivity contribution in [1.29, 1.82) is 0 Å². The molecule has 32 valence electrons. The lowest BCUT2D eigenvalue weighted by Gasteiger charge is -1.87. The third kappa shape index (κ3) is 0.929. The van der Waals surface area contributed by atoms with Crippen LogP contribution in [0.5, 0.6) is 0 Å². The largest absolute Gasteiger partial charge is 0.142 e. The first-order valence-electron chi connectivity index (χ1n) is 1.53. The summed E-state index contributed by atoms with van der Waals surface area (Å²) < 4.78 is -0.231. The molecule has 0 N–H and O–H groups in total. The first kappa shape index (κ1) is 4.56. The summed E-state index contributed by atoms with van der Waals surface area (Å²) in [7, 11) is 0. The van der Waals surface area contributed by atoms with Gasteiger partial charge in [0.25, 0.3) is 0 Å². The van der Waals surface area contributed by atoms with Crippen LogP contribution in [0.4, 0.5) is 0 Å². The molecular weight excluding hydrogens is 114 g/mol. The number of hydrogen-bond donors (Lipinski definition) is 0. The number of rotatable bonds is 0. The molecule has 1 aliphatic heterocycles. The zero-order valence-electron chi connectivity index (χ0n) is 3.00. The molecule has 0 atom stereocenters. The van der Waals surface area contributed by atoms with Gasteiger partial charge in [-0.15, -0.1) is 5.73 Å². The molecular formula is C3H3NS2. The second kappa shape index (κ2) is 1.91. The van der Waals surface area contributed by atoms with Crippen LogP contribution in [0, 0.1) is 0 Å². The van der Waals surface area contributed by atoms with Gasteiger partial charge in [0.05, 0.1) is 0 Å². The second-order valence-electron chi connectivity index (χ2n) is 0.851. The van der Waals surface area contributed by atoms with E-state index in [9.17, 15) is 0 Å². The van der Waals surface area contributed by atoms with Crippen molar-refractivity contribution in [1.82, 2.24) is 5.73 Å². The zero-order valence-corrected chi connectivity index (χ0v) is 4.63. The van der Waals surface area contributed by atoms with Crippen LogP contribution in [0.1, 0.15) is 0 Å². The first-order chi connectivity index (χ1) is 2.89. The zero-order chi connectivity index (χ0) is 4.41. The molecule has 0 aliphatic carbocycles. The van der Waals surface area contributed by atoms with Crippen LogP contribution < -0.4 is 5.73 Å². The smallest absolute Gasteiger partial charge is 0.117 e. The summed E-state index contributed by atoms with van der Waals surface area (Å²) in [4.78, 5) is 0. The Morgan fingerprint density at radius 2 is 1.83 bits per heavy atom. The Labute approximate surface area is 45.4 Å². The minimum absolute atomic E-state index is 0.231. The monoisotopic (exact) mass is 117 g/mol. The Hall–Kier alpha value is 0.400. The van der Waals surface area contributed by atoms with Gasteiger partial charge >= 0.3 is 0 Å². The van der Waals surface area contributed by atoms with Gasteiger partial charge in [0.15, 0.2) is 0 Å². The maximum Gasteiger partial charge on any atom is 0.142 e. The normalized spacial score (nSPS) is 22.8. The van der Waals surface area contributed by atoms with Gasteiger partial charge in [-0.1, -0.05) is 23.5 Å². The Bertz CT molecular complexity index is 63.2. The molecule has 6 heavy (non-hydrogen) atoms. The molecule has 0 aromatic carbocycles. The van der Waals surface area contributed by atoms with Crippen LogP contribution in [-0.4, -0.2) is 4.71 Å². The summed E-state index contributed by atoms with van der Waals surface area (Å²) >= 11 is 2.87. The van der Waals surface area contributed by atoms with Crippen molar-refractivity contribution in [2.45, 2.75) is 4.71 Å². The van der Waals surface area contributed by atoms with Gasteiger partial charge in [-0.05, 0) is 10.8 Å². The highest BCUT2D eigenvalue weighted by atomic mass is 32.2. The SMILES string of the molecule is [N]C1SC=CS1. The van der Waals surface area contributed by atoms with Gasteiger partial charge in [-0.3, -0.25) is 0 Å². The fourth-order valence-corrected chi connectivity index (χ4v) is 1.65. The van der Waals surface area contributed by atoms with Crippen molar-refractivity contribution in [3.63, 3.8) is 0 Å². The molecule has 0 saturated heterocycles. The van der Waals surface area contributed by atoms with E-state index in [1.165, 1.54) is 23.5 Å². The van der Waals surface area contributed by atoms with Crippen molar-refractivity contribution < 1.29 is 0 Å². The van der Waals surface area contributed by atoms with Gasteiger partial charge in [0, 0.05) is 0 Å². The summed E-state index contributed by atoms with van der Waals surface area (Å²) in [6.45, 7) is 0. The molecule has 0 aromatic rings. The molecule has 0 saturated carbocycles. The molecule has 0 aromatic heterocycles. The Morgan fingerprint density at radius 1 is 1.33 bits per heavy atom.